The Hall–Kier alpha value is -2.36. The molecule has 0 aromatic heterocycles. The summed E-state index contributed by atoms with van der Waals surface area (Å²) in [5.74, 6) is 2.20. The van der Waals surface area contributed by atoms with E-state index in [0.29, 0.717) is 13.2 Å². The van der Waals surface area contributed by atoms with E-state index in [9.17, 15) is 0 Å². The summed E-state index contributed by atoms with van der Waals surface area (Å²) >= 11 is 0. The van der Waals surface area contributed by atoms with Gasteiger partial charge in [-0.25, -0.2) is 0 Å². The van der Waals surface area contributed by atoms with E-state index >= 15 is 0 Å². The van der Waals surface area contributed by atoms with Crippen LogP contribution in [-0.2, 0) is 0 Å². The summed E-state index contributed by atoms with van der Waals surface area (Å²) in [6, 6.07) is 12.0. The Kier molecular flexibility index (Phi) is 3.37. The Bertz CT molecular complexity index is 608. The molecule has 3 rings (SSSR count). The summed E-state index contributed by atoms with van der Waals surface area (Å²) < 4.78 is 16.6. The number of rotatable bonds is 3. The molecule has 0 spiro atoms. The lowest BCUT2D eigenvalue weighted by Gasteiger charge is -2.21. The van der Waals surface area contributed by atoms with Crippen LogP contribution in [0.5, 0.6) is 17.2 Å². The summed E-state index contributed by atoms with van der Waals surface area (Å²) in [4.78, 5) is 0. The zero-order valence-electron chi connectivity index (χ0n) is 11.6. The summed E-state index contributed by atoms with van der Waals surface area (Å²) in [6.45, 7) is 3.21. The minimum absolute atomic E-state index is 0.570. The van der Waals surface area contributed by atoms with Crippen LogP contribution in [0.4, 0.5) is 11.4 Å². The molecule has 0 radical (unpaired) electrons. The van der Waals surface area contributed by atoms with Gasteiger partial charge in [-0.2, -0.15) is 0 Å². The molecule has 0 aliphatic carbocycles. The third-order valence-corrected chi connectivity index (χ3v) is 3.19. The number of aryl methyl sites for hydroxylation is 1. The van der Waals surface area contributed by atoms with Crippen molar-refractivity contribution in [1.82, 2.24) is 0 Å². The maximum atomic E-state index is 5.60. The van der Waals surface area contributed by atoms with Crippen LogP contribution in [0.3, 0.4) is 0 Å². The molecule has 0 fully saturated rings. The van der Waals surface area contributed by atoms with E-state index in [0.717, 1.165) is 28.6 Å². The minimum atomic E-state index is 0.570. The predicted molar refractivity (Wildman–Crippen MR) is 78.4 cm³/mol. The summed E-state index contributed by atoms with van der Waals surface area (Å²) in [5.41, 5.74) is 3.09. The first-order valence-corrected chi connectivity index (χ1v) is 6.57. The number of benzene rings is 2. The van der Waals surface area contributed by atoms with Crippen molar-refractivity contribution in [2.75, 3.05) is 25.6 Å². The van der Waals surface area contributed by atoms with Crippen LogP contribution < -0.4 is 19.5 Å². The standard InChI is InChI=1S/C16H17NO3/c1-11-3-5-12(6-4-11)17-13-9-15-16(10-14(13)18-2)20-8-7-19-15/h3-6,9-10,17H,7-8H2,1-2H3. The zero-order chi connectivity index (χ0) is 13.9. The number of ether oxygens (including phenoxy) is 3. The number of hydrogen-bond acceptors (Lipinski definition) is 4. The molecule has 0 atom stereocenters. The molecule has 4 nitrogen and oxygen atoms in total. The van der Waals surface area contributed by atoms with Gasteiger partial charge in [-0.3, -0.25) is 0 Å². The molecule has 104 valence electrons. The van der Waals surface area contributed by atoms with E-state index in [4.69, 9.17) is 14.2 Å². The Labute approximate surface area is 118 Å². The van der Waals surface area contributed by atoms with Gasteiger partial charge in [0.2, 0.25) is 0 Å². The molecule has 0 bridgehead atoms. The lowest BCUT2D eigenvalue weighted by atomic mass is 10.2. The van der Waals surface area contributed by atoms with E-state index < -0.39 is 0 Å². The Balaban J connectivity index is 1.93. The number of fused-ring (bicyclic) bond motifs is 1. The average molecular weight is 271 g/mol. The second-order valence-electron chi connectivity index (χ2n) is 4.69. The van der Waals surface area contributed by atoms with E-state index in [1.165, 1.54) is 5.56 Å². The van der Waals surface area contributed by atoms with E-state index in [-0.39, 0.29) is 0 Å². The molecule has 1 N–H and O–H groups in total. The quantitative estimate of drug-likeness (QED) is 0.927. The largest absolute Gasteiger partial charge is 0.494 e. The summed E-state index contributed by atoms with van der Waals surface area (Å²) in [7, 11) is 1.64. The van der Waals surface area contributed by atoms with Crippen LogP contribution in [-0.4, -0.2) is 20.3 Å². The number of nitrogens with one attached hydrogen (secondary N) is 1. The van der Waals surface area contributed by atoms with Gasteiger partial charge in [0.15, 0.2) is 11.5 Å². The van der Waals surface area contributed by atoms with Crippen LogP contribution >= 0.6 is 0 Å². The summed E-state index contributed by atoms with van der Waals surface area (Å²) in [5, 5.41) is 3.34. The van der Waals surface area contributed by atoms with E-state index in [2.05, 4.69) is 24.4 Å². The van der Waals surface area contributed by atoms with Crippen LogP contribution in [0.1, 0.15) is 5.56 Å². The lowest BCUT2D eigenvalue weighted by Crippen LogP contribution is -2.15. The molecular formula is C16H17NO3. The first kappa shape index (κ1) is 12.7. The highest BCUT2D eigenvalue weighted by Gasteiger charge is 2.16. The van der Waals surface area contributed by atoms with Gasteiger partial charge in [0.25, 0.3) is 0 Å². The first-order valence-electron chi connectivity index (χ1n) is 6.57. The molecule has 0 amide bonds. The maximum absolute atomic E-state index is 5.60. The fourth-order valence-electron chi connectivity index (χ4n) is 2.13. The van der Waals surface area contributed by atoms with Crippen LogP contribution in [0, 0.1) is 6.92 Å². The van der Waals surface area contributed by atoms with Crippen molar-refractivity contribution in [2.45, 2.75) is 6.92 Å². The number of hydrogen-bond donors (Lipinski definition) is 1. The monoisotopic (exact) mass is 271 g/mol. The van der Waals surface area contributed by atoms with E-state index in [1.807, 2.05) is 24.3 Å². The van der Waals surface area contributed by atoms with Crippen molar-refractivity contribution in [3.8, 4) is 17.2 Å². The highest BCUT2D eigenvalue weighted by atomic mass is 16.6. The van der Waals surface area contributed by atoms with Crippen molar-refractivity contribution in [3.63, 3.8) is 0 Å². The highest BCUT2D eigenvalue weighted by molar-refractivity contribution is 5.71. The molecule has 1 aliphatic heterocycles. The zero-order valence-corrected chi connectivity index (χ0v) is 11.6. The fraction of sp³-hybridized carbons (Fsp3) is 0.250. The minimum Gasteiger partial charge on any atom is -0.494 e. The second kappa shape index (κ2) is 5.33. The predicted octanol–water partition coefficient (Wildman–Crippen LogP) is 3.52. The second-order valence-corrected chi connectivity index (χ2v) is 4.69. The molecule has 4 heteroatoms. The molecule has 2 aromatic carbocycles. The SMILES string of the molecule is COc1cc2c(cc1Nc1ccc(C)cc1)OCCO2. The van der Waals surface area contributed by atoms with Crippen molar-refractivity contribution in [1.29, 1.82) is 0 Å². The number of methoxy groups -OCH3 is 1. The van der Waals surface area contributed by atoms with Crippen molar-refractivity contribution >= 4 is 11.4 Å². The Morgan fingerprint density at radius 1 is 1.00 bits per heavy atom. The van der Waals surface area contributed by atoms with Gasteiger partial charge in [-0.05, 0) is 19.1 Å². The van der Waals surface area contributed by atoms with Crippen molar-refractivity contribution in [3.05, 3.63) is 42.0 Å². The van der Waals surface area contributed by atoms with Crippen molar-refractivity contribution in [2.24, 2.45) is 0 Å². The van der Waals surface area contributed by atoms with Crippen LogP contribution in [0.15, 0.2) is 36.4 Å². The highest BCUT2D eigenvalue weighted by Crippen LogP contribution is 2.40. The topological polar surface area (TPSA) is 39.7 Å². The molecule has 1 aliphatic rings. The van der Waals surface area contributed by atoms with E-state index in [1.54, 1.807) is 7.11 Å². The first-order chi connectivity index (χ1) is 9.76. The lowest BCUT2D eigenvalue weighted by molar-refractivity contribution is 0.171. The molecule has 1 heterocycles. The van der Waals surface area contributed by atoms with Gasteiger partial charge in [-0.1, -0.05) is 17.7 Å². The molecular weight excluding hydrogens is 254 g/mol. The molecule has 2 aromatic rings. The number of anilines is 2. The van der Waals surface area contributed by atoms with Crippen molar-refractivity contribution < 1.29 is 14.2 Å². The van der Waals surface area contributed by atoms with Crippen LogP contribution in [0.2, 0.25) is 0 Å². The Morgan fingerprint density at radius 3 is 2.30 bits per heavy atom. The van der Waals surface area contributed by atoms with Gasteiger partial charge in [0, 0.05) is 17.8 Å². The molecule has 0 saturated heterocycles. The third kappa shape index (κ3) is 2.50. The normalized spacial score (nSPS) is 12.9. The van der Waals surface area contributed by atoms with Gasteiger partial charge in [-0.15, -0.1) is 0 Å². The average Bonchev–Trinajstić information content (AvgIpc) is 2.49. The van der Waals surface area contributed by atoms with Gasteiger partial charge < -0.3 is 19.5 Å². The maximum Gasteiger partial charge on any atom is 0.165 e. The Morgan fingerprint density at radius 2 is 1.65 bits per heavy atom. The van der Waals surface area contributed by atoms with Gasteiger partial charge in [0.1, 0.15) is 19.0 Å². The molecule has 0 saturated carbocycles. The smallest absolute Gasteiger partial charge is 0.165 e. The molecule has 0 unspecified atom stereocenters. The summed E-state index contributed by atoms with van der Waals surface area (Å²) in [6.07, 6.45) is 0. The van der Waals surface area contributed by atoms with Gasteiger partial charge in [0.05, 0.1) is 12.8 Å². The van der Waals surface area contributed by atoms with Gasteiger partial charge >= 0.3 is 0 Å². The van der Waals surface area contributed by atoms with Crippen LogP contribution in [0.25, 0.3) is 0 Å². The fourth-order valence-corrected chi connectivity index (χ4v) is 2.13. The third-order valence-electron chi connectivity index (χ3n) is 3.19. The molecule has 20 heavy (non-hydrogen) atoms.